The summed E-state index contributed by atoms with van der Waals surface area (Å²) >= 11 is 0. The fraction of sp³-hybridized carbons (Fsp3) is 0.524. The number of hydrogen-bond donors (Lipinski definition) is 2. The average Bonchev–Trinajstić information content (AvgIpc) is 3.39. The first-order chi connectivity index (χ1) is 14.1. The van der Waals surface area contributed by atoms with Gasteiger partial charge in [-0.25, -0.2) is 0 Å². The molecule has 29 heavy (non-hydrogen) atoms. The van der Waals surface area contributed by atoms with Gasteiger partial charge in [0.2, 0.25) is 5.91 Å². The molecule has 2 aromatic rings. The number of aliphatic hydroxyl groups excluding tert-OH is 1. The molecule has 1 saturated heterocycles. The van der Waals surface area contributed by atoms with Gasteiger partial charge in [0.05, 0.1) is 18.1 Å². The van der Waals surface area contributed by atoms with Crippen molar-refractivity contribution in [3.05, 3.63) is 53.7 Å². The maximum absolute atomic E-state index is 11.9. The van der Waals surface area contributed by atoms with Gasteiger partial charge >= 0.3 is 0 Å². The van der Waals surface area contributed by atoms with E-state index in [1.807, 2.05) is 12.3 Å². The summed E-state index contributed by atoms with van der Waals surface area (Å²) in [7, 11) is -1.33. The van der Waals surface area contributed by atoms with Crippen LogP contribution in [0.15, 0.2) is 41.1 Å². The van der Waals surface area contributed by atoms with Crippen LogP contribution in [0.5, 0.6) is 0 Å². The number of aryl methyl sites for hydroxylation is 1. The molecular weight excluding hydrogens is 390 g/mol. The van der Waals surface area contributed by atoms with Crippen LogP contribution in [0.25, 0.3) is 0 Å². The van der Waals surface area contributed by atoms with E-state index in [1.165, 1.54) is 24.7 Å². The molecular formula is C21H29N3O4S. The number of amides is 1. The smallest absolute Gasteiger partial charge is 0.232 e. The molecule has 3 rings (SSSR count). The fourth-order valence-corrected chi connectivity index (χ4v) is 4.39. The quantitative estimate of drug-likeness (QED) is 0.575. The van der Waals surface area contributed by atoms with Crippen LogP contribution in [-0.4, -0.2) is 56.6 Å². The van der Waals surface area contributed by atoms with Crippen LogP contribution >= 0.6 is 0 Å². The number of aromatic nitrogens is 1. The third-order valence-corrected chi connectivity index (χ3v) is 6.12. The van der Waals surface area contributed by atoms with E-state index in [0.717, 1.165) is 25.3 Å². The Bertz CT molecular complexity index is 791. The Kier molecular flexibility index (Phi) is 8.39. The highest BCUT2D eigenvalue weighted by molar-refractivity contribution is 7.84. The largest absolute Gasteiger partial charge is 0.468 e. The van der Waals surface area contributed by atoms with E-state index in [4.69, 9.17) is 4.42 Å². The minimum absolute atomic E-state index is 0.104. The van der Waals surface area contributed by atoms with Gasteiger partial charge in [0.15, 0.2) is 0 Å². The summed E-state index contributed by atoms with van der Waals surface area (Å²) in [5, 5.41) is 12.8. The van der Waals surface area contributed by atoms with Gasteiger partial charge in [0.1, 0.15) is 11.5 Å². The number of likely N-dealkylation sites (tertiary alicyclic amines) is 1. The Hall–Kier alpha value is -2.03. The SMILES string of the molecule is O=C(CS(=O)Cc1ccco1)NCC(O)CCc1cc(CN2CCCC2)ccn1. The third kappa shape index (κ3) is 7.72. The van der Waals surface area contributed by atoms with Crippen LogP contribution in [0.3, 0.4) is 0 Å². The predicted octanol–water partition coefficient (Wildman–Crippen LogP) is 1.63. The Morgan fingerprint density at radius 3 is 2.93 bits per heavy atom. The second-order valence-electron chi connectivity index (χ2n) is 7.44. The molecule has 3 heterocycles. The van der Waals surface area contributed by atoms with Crippen LogP contribution in [0.2, 0.25) is 0 Å². The maximum Gasteiger partial charge on any atom is 0.232 e. The second-order valence-corrected chi connectivity index (χ2v) is 8.90. The van der Waals surface area contributed by atoms with Crippen molar-refractivity contribution in [3.8, 4) is 0 Å². The van der Waals surface area contributed by atoms with Gasteiger partial charge in [-0.05, 0) is 68.6 Å². The molecule has 0 aromatic carbocycles. The van der Waals surface area contributed by atoms with Gasteiger partial charge < -0.3 is 14.8 Å². The van der Waals surface area contributed by atoms with Crippen molar-refractivity contribution >= 4 is 16.7 Å². The van der Waals surface area contributed by atoms with Crippen molar-refractivity contribution in [2.24, 2.45) is 0 Å². The number of hydrogen-bond acceptors (Lipinski definition) is 6. The lowest BCUT2D eigenvalue weighted by Crippen LogP contribution is -2.35. The minimum Gasteiger partial charge on any atom is -0.468 e. The van der Waals surface area contributed by atoms with E-state index in [1.54, 1.807) is 12.1 Å². The van der Waals surface area contributed by atoms with Crippen molar-refractivity contribution in [1.82, 2.24) is 15.2 Å². The molecule has 2 N–H and O–H groups in total. The van der Waals surface area contributed by atoms with E-state index in [0.29, 0.717) is 18.6 Å². The number of pyridine rings is 1. The molecule has 1 aliphatic heterocycles. The van der Waals surface area contributed by atoms with Crippen molar-refractivity contribution in [3.63, 3.8) is 0 Å². The first kappa shape index (κ1) is 21.7. The van der Waals surface area contributed by atoms with Gasteiger partial charge in [0.25, 0.3) is 0 Å². The zero-order valence-electron chi connectivity index (χ0n) is 16.6. The van der Waals surface area contributed by atoms with Gasteiger partial charge in [-0.3, -0.25) is 18.9 Å². The van der Waals surface area contributed by atoms with Gasteiger partial charge in [-0.15, -0.1) is 0 Å². The molecule has 2 aromatic heterocycles. The maximum atomic E-state index is 11.9. The van der Waals surface area contributed by atoms with Crippen LogP contribution < -0.4 is 5.32 Å². The molecule has 0 bridgehead atoms. The van der Waals surface area contributed by atoms with E-state index >= 15 is 0 Å². The number of nitrogens with one attached hydrogen (secondary N) is 1. The molecule has 8 heteroatoms. The lowest BCUT2D eigenvalue weighted by Gasteiger charge is -2.15. The Balaban J connectivity index is 1.34. The van der Waals surface area contributed by atoms with Crippen molar-refractivity contribution in [1.29, 1.82) is 0 Å². The molecule has 1 fully saturated rings. The van der Waals surface area contributed by atoms with Gasteiger partial charge in [0, 0.05) is 35.8 Å². The summed E-state index contributed by atoms with van der Waals surface area (Å²) in [6.07, 6.45) is 6.37. The van der Waals surface area contributed by atoms with Gasteiger partial charge in [-0.1, -0.05) is 0 Å². The van der Waals surface area contributed by atoms with Crippen molar-refractivity contribution in [2.75, 3.05) is 25.4 Å². The second kappa shape index (κ2) is 11.2. The van der Waals surface area contributed by atoms with E-state index in [-0.39, 0.29) is 24.0 Å². The summed E-state index contributed by atoms with van der Waals surface area (Å²) < 4.78 is 17.1. The molecule has 158 valence electrons. The number of nitrogens with zero attached hydrogens (tertiary/aromatic N) is 2. The topological polar surface area (TPSA) is 95.7 Å². The number of carbonyl (C=O) groups excluding carboxylic acids is 1. The highest BCUT2D eigenvalue weighted by Gasteiger charge is 2.14. The highest BCUT2D eigenvalue weighted by Crippen LogP contribution is 2.13. The van der Waals surface area contributed by atoms with Crippen LogP contribution in [0, 0.1) is 0 Å². The average molecular weight is 420 g/mol. The first-order valence-electron chi connectivity index (χ1n) is 10.1. The number of rotatable bonds is 11. The molecule has 2 unspecified atom stereocenters. The Morgan fingerprint density at radius 2 is 2.17 bits per heavy atom. The Labute approximate surface area is 174 Å². The van der Waals surface area contributed by atoms with Crippen LogP contribution in [0.1, 0.15) is 36.3 Å². The normalized spacial score (nSPS) is 16.6. The standard InChI is InChI=1S/C21H29N3O4S/c25-19(13-23-21(26)16-29(27)15-20-4-3-11-28-20)6-5-18-12-17(7-8-22-18)14-24-9-1-2-10-24/h3-4,7-8,11-12,19,25H,1-2,5-6,9-10,13-16H2,(H,23,26). The minimum atomic E-state index is -1.33. The lowest BCUT2D eigenvalue weighted by molar-refractivity contribution is -0.119. The van der Waals surface area contributed by atoms with E-state index in [2.05, 4.69) is 21.3 Å². The molecule has 0 saturated carbocycles. The first-order valence-corrected chi connectivity index (χ1v) is 11.6. The van der Waals surface area contributed by atoms with Gasteiger partial charge in [-0.2, -0.15) is 0 Å². The zero-order valence-corrected chi connectivity index (χ0v) is 17.4. The summed E-state index contributed by atoms with van der Waals surface area (Å²) in [6, 6.07) is 7.59. The molecule has 1 aliphatic rings. The molecule has 0 spiro atoms. The van der Waals surface area contributed by atoms with Crippen LogP contribution in [-0.2, 0) is 34.3 Å². The van der Waals surface area contributed by atoms with E-state index < -0.39 is 16.9 Å². The summed E-state index contributed by atoms with van der Waals surface area (Å²) in [5.74, 6) is 0.367. The number of furan rings is 1. The van der Waals surface area contributed by atoms with Crippen molar-refractivity contribution in [2.45, 2.75) is 44.1 Å². The molecule has 2 atom stereocenters. The monoisotopic (exact) mass is 419 g/mol. The summed E-state index contributed by atoms with van der Waals surface area (Å²) in [4.78, 5) is 18.7. The van der Waals surface area contributed by atoms with E-state index in [9.17, 15) is 14.1 Å². The highest BCUT2D eigenvalue weighted by atomic mass is 32.2. The van der Waals surface area contributed by atoms with Crippen LogP contribution in [0.4, 0.5) is 0 Å². The zero-order chi connectivity index (χ0) is 20.5. The Morgan fingerprint density at radius 1 is 1.34 bits per heavy atom. The fourth-order valence-electron chi connectivity index (χ4n) is 3.41. The molecule has 1 amide bonds. The molecule has 0 radical (unpaired) electrons. The lowest BCUT2D eigenvalue weighted by atomic mass is 10.1. The summed E-state index contributed by atoms with van der Waals surface area (Å²) in [6.45, 7) is 3.40. The van der Waals surface area contributed by atoms with Crippen molar-refractivity contribution < 1.29 is 18.5 Å². The number of aliphatic hydroxyl groups is 1. The number of carbonyl (C=O) groups is 1. The third-order valence-electron chi connectivity index (χ3n) is 4.93. The molecule has 0 aliphatic carbocycles. The summed E-state index contributed by atoms with van der Waals surface area (Å²) in [5.41, 5.74) is 2.20. The predicted molar refractivity (Wildman–Crippen MR) is 112 cm³/mol. The molecule has 7 nitrogen and oxygen atoms in total.